The molecule has 2 rings (SSSR count). The third-order valence-electron chi connectivity index (χ3n) is 3.85. The second kappa shape index (κ2) is 7.85. The summed E-state index contributed by atoms with van der Waals surface area (Å²) in [5.74, 6) is 2.09. The van der Waals surface area contributed by atoms with Gasteiger partial charge in [-0.3, -0.25) is 0 Å². The molecule has 0 spiro atoms. The summed E-state index contributed by atoms with van der Waals surface area (Å²) in [6.07, 6.45) is 0.870. The summed E-state index contributed by atoms with van der Waals surface area (Å²) in [5.41, 5.74) is 9.67. The first-order valence-electron chi connectivity index (χ1n) is 7.74. The number of hydrogen-bond donors (Lipinski definition) is 1. The molecule has 0 saturated carbocycles. The Balaban J connectivity index is 2.20. The van der Waals surface area contributed by atoms with Gasteiger partial charge in [-0.1, -0.05) is 29.8 Å². The van der Waals surface area contributed by atoms with Gasteiger partial charge in [-0.25, -0.2) is 0 Å². The predicted octanol–water partition coefficient (Wildman–Crippen LogP) is 3.69. The summed E-state index contributed by atoms with van der Waals surface area (Å²) in [4.78, 5) is 0. The lowest BCUT2D eigenvalue weighted by Gasteiger charge is -2.18. The van der Waals surface area contributed by atoms with E-state index in [0.717, 1.165) is 17.9 Å². The topological polar surface area (TPSA) is 44.5 Å². The van der Waals surface area contributed by atoms with Gasteiger partial charge in [-0.15, -0.1) is 0 Å². The molecule has 0 aliphatic rings. The maximum absolute atomic E-state index is 6.01. The van der Waals surface area contributed by atoms with E-state index in [1.165, 1.54) is 16.7 Å². The van der Waals surface area contributed by atoms with Crippen LogP contribution in [0.4, 0.5) is 0 Å². The van der Waals surface area contributed by atoms with Crippen molar-refractivity contribution >= 4 is 0 Å². The third kappa shape index (κ3) is 4.01. The minimum atomic E-state index is 0.270. The SMILES string of the molecule is CCOc1ccc(C(CN)Cc2cc(C)ccc2OC)cc1. The van der Waals surface area contributed by atoms with Crippen LogP contribution < -0.4 is 15.2 Å². The smallest absolute Gasteiger partial charge is 0.122 e. The predicted molar refractivity (Wildman–Crippen MR) is 90.8 cm³/mol. The molecule has 1 atom stereocenters. The maximum atomic E-state index is 6.01. The molecule has 0 amide bonds. The van der Waals surface area contributed by atoms with Gasteiger partial charge in [0.2, 0.25) is 0 Å². The van der Waals surface area contributed by atoms with Gasteiger partial charge in [-0.2, -0.15) is 0 Å². The molecular weight excluding hydrogens is 274 g/mol. The lowest BCUT2D eigenvalue weighted by Crippen LogP contribution is -2.15. The molecule has 2 aromatic rings. The molecule has 0 fully saturated rings. The largest absolute Gasteiger partial charge is 0.496 e. The van der Waals surface area contributed by atoms with Crippen molar-refractivity contribution in [2.24, 2.45) is 5.73 Å². The number of aryl methyl sites for hydroxylation is 1. The van der Waals surface area contributed by atoms with E-state index < -0.39 is 0 Å². The zero-order chi connectivity index (χ0) is 15.9. The Morgan fingerprint density at radius 3 is 2.41 bits per heavy atom. The molecule has 0 saturated heterocycles. The summed E-state index contributed by atoms with van der Waals surface area (Å²) in [6.45, 7) is 5.36. The lowest BCUT2D eigenvalue weighted by molar-refractivity contribution is 0.340. The highest BCUT2D eigenvalue weighted by molar-refractivity contribution is 5.39. The van der Waals surface area contributed by atoms with Crippen molar-refractivity contribution in [1.82, 2.24) is 0 Å². The molecule has 0 aliphatic carbocycles. The Bertz CT molecular complexity index is 593. The minimum absolute atomic E-state index is 0.270. The Labute approximate surface area is 133 Å². The van der Waals surface area contributed by atoms with E-state index in [0.29, 0.717) is 13.2 Å². The van der Waals surface area contributed by atoms with E-state index in [2.05, 4.69) is 31.2 Å². The van der Waals surface area contributed by atoms with E-state index in [1.807, 2.05) is 25.1 Å². The number of rotatable bonds is 7. The van der Waals surface area contributed by atoms with Crippen LogP contribution in [-0.4, -0.2) is 20.3 Å². The summed E-state index contributed by atoms with van der Waals surface area (Å²) in [5, 5.41) is 0. The minimum Gasteiger partial charge on any atom is -0.496 e. The zero-order valence-corrected chi connectivity index (χ0v) is 13.6. The van der Waals surface area contributed by atoms with Crippen LogP contribution in [0.5, 0.6) is 11.5 Å². The standard InChI is InChI=1S/C19H25NO2/c1-4-22-18-8-6-15(7-9-18)17(13-20)12-16-11-14(2)5-10-19(16)21-3/h5-11,17H,4,12-13,20H2,1-3H3. The van der Waals surface area contributed by atoms with Gasteiger partial charge >= 0.3 is 0 Å². The summed E-state index contributed by atoms with van der Waals surface area (Å²) < 4.78 is 11.0. The van der Waals surface area contributed by atoms with E-state index in [-0.39, 0.29) is 5.92 Å². The maximum Gasteiger partial charge on any atom is 0.122 e. The Kier molecular flexibility index (Phi) is 5.84. The number of hydrogen-bond acceptors (Lipinski definition) is 3. The fourth-order valence-electron chi connectivity index (χ4n) is 2.67. The molecule has 0 aliphatic heterocycles. The normalized spacial score (nSPS) is 12.0. The molecule has 1 unspecified atom stereocenters. The molecule has 2 aromatic carbocycles. The van der Waals surface area contributed by atoms with Gasteiger partial charge in [0.1, 0.15) is 11.5 Å². The molecule has 22 heavy (non-hydrogen) atoms. The van der Waals surface area contributed by atoms with Crippen molar-refractivity contribution in [2.45, 2.75) is 26.2 Å². The highest BCUT2D eigenvalue weighted by atomic mass is 16.5. The lowest BCUT2D eigenvalue weighted by atomic mass is 9.91. The summed E-state index contributed by atoms with van der Waals surface area (Å²) in [7, 11) is 1.71. The van der Waals surface area contributed by atoms with Gasteiger partial charge in [0.25, 0.3) is 0 Å². The first-order chi connectivity index (χ1) is 10.7. The van der Waals surface area contributed by atoms with E-state index in [9.17, 15) is 0 Å². The highest BCUT2D eigenvalue weighted by Crippen LogP contribution is 2.28. The average Bonchev–Trinajstić information content (AvgIpc) is 2.54. The third-order valence-corrected chi connectivity index (χ3v) is 3.85. The number of nitrogens with two attached hydrogens (primary N) is 1. The van der Waals surface area contributed by atoms with Crippen LogP contribution >= 0.6 is 0 Å². The van der Waals surface area contributed by atoms with Gasteiger partial charge in [0.15, 0.2) is 0 Å². The van der Waals surface area contributed by atoms with Crippen LogP contribution in [-0.2, 0) is 6.42 Å². The van der Waals surface area contributed by atoms with E-state index in [1.54, 1.807) is 7.11 Å². The molecule has 2 N–H and O–H groups in total. The molecule has 3 heteroatoms. The van der Waals surface area contributed by atoms with Gasteiger partial charge in [0, 0.05) is 5.92 Å². The van der Waals surface area contributed by atoms with Crippen molar-refractivity contribution in [1.29, 1.82) is 0 Å². The van der Waals surface area contributed by atoms with E-state index in [4.69, 9.17) is 15.2 Å². The molecule has 118 valence electrons. The second-order valence-corrected chi connectivity index (χ2v) is 5.45. The number of ether oxygens (including phenoxy) is 2. The van der Waals surface area contributed by atoms with Gasteiger partial charge in [0.05, 0.1) is 13.7 Å². The summed E-state index contributed by atoms with van der Waals surface area (Å²) in [6, 6.07) is 14.5. The van der Waals surface area contributed by atoms with Crippen molar-refractivity contribution in [3.05, 3.63) is 59.2 Å². The van der Waals surface area contributed by atoms with Gasteiger partial charge in [-0.05, 0) is 56.1 Å². The molecule has 0 heterocycles. The average molecular weight is 299 g/mol. The fraction of sp³-hybridized carbons (Fsp3) is 0.368. The van der Waals surface area contributed by atoms with E-state index >= 15 is 0 Å². The molecule has 0 bridgehead atoms. The highest BCUT2D eigenvalue weighted by Gasteiger charge is 2.14. The zero-order valence-electron chi connectivity index (χ0n) is 13.6. The van der Waals surface area contributed by atoms with Crippen molar-refractivity contribution in [3.63, 3.8) is 0 Å². The van der Waals surface area contributed by atoms with Crippen LogP contribution in [0.2, 0.25) is 0 Å². The Morgan fingerprint density at radius 1 is 1.09 bits per heavy atom. The second-order valence-electron chi connectivity index (χ2n) is 5.45. The van der Waals surface area contributed by atoms with Crippen LogP contribution in [0.1, 0.15) is 29.5 Å². The molecule has 0 radical (unpaired) electrons. The van der Waals surface area contributed by atoms with Crippen molar-refractivity contribution in [2.75, 3.05) is 20.3 Å². The number of benzene rings is 2. The summed E-state index contributed by atoms with van der Waals surface area (Å²) >= 11 is 0. The van der Waals surface area contributed by atoms with Gasteiger partial charge < -0.3 is 15.2 Å². The molecule has 0 aromatic heterocycles. The Hall–Kier alpha value is -2.00. The first kappa shape index (κ1) is 16.4. The van der Waals surface area contributed by atoms with Crippen LogP contribution in [0.25, 0.3) is 0 Å². The fourth-order valence-corrected chi connectivity index (χ4v) is 2.67. The molecule has 3 nitrogen and oxygen atoms in total. The van der Waals surface area contributed by atoms with Crippen LogP contribution in [0.3, 0.4) is 0 Å². The van der Waals surface area contributed by atoms with Crippen LogP contribution in [0, 0.1) is 6.92 Å². The Morgan fingerprint density at radius 2 is 1.82 bits per heavy atom. The quantitative estimate of drug-likeness (QED) is 0.848. The number of methoxy groups -OCH3 is 1. The van der Waals surface area contributed by atoms with Crippen molar-refractivity contribution < 1.29 is 9.47 Å². The monoisotopic (exact) mass is 299 g/mol. The van der Waals surface area contributed by atoms with Crippen LogP contribution in [0.15, 0.2) is 42.5 Å². The van der Waals surface area contributed by atoms with Crippen molar-refractivity contribution in [3.8, 4) is 11.5 Å². The first-order valence-corrected chi connectivity index (χ1v) is 7.74. The molecular formula is C19H25NO2.